The Balaban J connectivity index is 2.25. The number of nitrogens with one attached hydrogen (secondary N) is 1. The zero-order valence-electron chi connectivity index (χ0n) is 11.9. The summed E-state index contributed by atoms with van der Waals surface area (Å²) in [7, 11) is 2.00. The van der Waals surface area contributed by atoms with Crippen LogP contribution in [0.25, 0.3) is 0 Å². The summed E-state index contributed by atoms with van der Waals surface area (Å²) in [6, 6.07) is 5.22. The van der Waals surface area contributed by atoms with E-state index in [4.69, 9.17) is 4.98 Å². The summed E-state index contributed by atoms with van der Waals surface area (Å²) >= 11 is 0. The second kappa shape index (κ2) is 6.19. The van der Waals surface area contributed by atoms with Crippen molar-refractivity contribution in [3.63, 3.8) is 0 Å². The number of anilines is 1. The van der Waals surface area contributed by atoms with Gasteiger partial charge in [0.25, 0.3) is 0 Å². The van der Waals surface area contributed by atoms with Gasteiger partial charge in [-0.25, -0.2) is 4.98 Å². The monoisotopic (exact) mass is 247 g/mol. The summed E-state index contributed by atoms with van der Waals surface area (Å²) in [5.74, 6) is 1.18. The third kappa shape index (κ3) is 3.22. The lowest BCUT2D eigenvalue weighted by atomic mass is 10.2. The molecule has 1 aromatic heterocycles. The summed E-state index contributed by atoms with van der Waals surface area (Å²) < 4.78 is 0. The molecule has 0 spiro atoms. The average molecular weight is 247 g/mol. The van der Waals surface area contributed by atoms with Gasteiger partial charge in [0.2, 0.25) is 0 Å². The molecule has 1 N–H and O–H groups in total. The molecule has 1 aromatic rings. The Morgan fingerprint density at radius 1 is 1.33 bits per heavy atom. The van der Waals surface area contributed by atoms with Gasteiger partial charge in [0.05, 0.1) is 0 Å². The van der Waals surface area contributed by atoms with Crippen molar-refractivity contribution in [3.05, 3.63) is 23.4 Å². The van der Waals surface area contributed by atoms with E-state index in [2.05, 4.69) is 36.2 Å². The molecule has 0 aromatic carbocycles. The van der Waals surface area contributed by atoms with Crippen LogP contribution in [0.15, 0.2) is 12.1 Å². The van der Waals surface area contributed by atoms with Gasteiger partial charge in [-0.15, -0.1) is 0 Å². The van der Waals surface area contributed by atoms with E-state index in [1.807, 2.05) is 7.05 Å². The highest BCUT2D eigenvalue weighted by molar-refractivity contribution is 5.45. The number of aryl methyl sites for hydroxylation is 1. The zero-order valence-corrected chi connectivity index (χ0v) is 11.9. The van der Waals surface area contributed by atoms with Crippen LogP contribution in [-0.4, -0.2) is 24.6 Å². The van der Waals surface area contributed by atoms with E-state index in [-0.39, 0.29) is 0 Å². The lowest BCUT2D eigenvalue weighted by molar-refractivity contribution is 0.741. The van der Waals surface area contributed by atoms with Crippen molar-refractivity contribution in [3.8, 4) is 0 Å². The van der Waals surface area contributed by atoms with Gasteiger partial charge in [0.1, 0.15) is 5.82 Å². The van der Waals surface area contributed by atoms with Gasteiger partial charge in [-0.05, 0) is 50.4 Å². The minimum atomic E-state index is 0.743. The summed E-state index contributed by atoms with van der Waals surface area (Å²) in [5.41, 5.74) is 2.56. The van der Waals surface area contributed by atoms with Crippen molar-refractivity contribution >= 4 is 5.82 Å². The Hall–Kier alpha value is -1.09. The molecule has 3 nitrogen and oxygen atoms in total. The third-order valence-electron chi connectivity index (χ3n) is 3.41. The van der Waals surface area contributed by atoms with Crippen LogP contribution in [0.4, 0.5) is 5.82 Å². The molecule has 100 valence electrons. The molecule has 1 saturated carbocycles. The standard InChI is InChI=1S/C15H25N3/c1-4-8-18(14-6-7-14)15-10-12(11-16-3)9-13(5-2)17-15/h9-10,14,16H,4-8,11H2,1-3H3. The van der Waals surface area contributed by atoms with Gasteiger partial charge in [0.15, 0.2) is 0 Å². The first-order valence-electron chi connectivity index (χ1n) is 7.19. The average Bonchev–Trinajstić information content (AvgIpc) is 3.20. The molecule has 0 unspecified atom stereocenters. The summed E-state index contributed by atoms with van der Waals surface area (Å²) in [5, 5.41) is 3.23. The Kier molecular flexibility index (Phi) is 4.59. The first-order valence-corrected chi connectivity index (χ1v) is 7.19. The first-order chi connectivity index (χ1) is 8.78. The highest BCUT2D eigenvalue weighted by atomic mass is 15.2. The topological polar surface area (TPSA) is 28.2 Å². The smallest absolute Gasteiger partial charge is 0.129 e. The molecule has 3 heteroatoms. The van der Waals surface area contributed by atoms with Crippen molar-refractivity contribution in [2.45, 2.75) is 52.1 Å². The number of pyridine rings is 1. The molecular formula is C15H25N3. The molecule has 18 heavy (non-hydrogen) atoms. The van der Waals surface area contributed by atoms with E-state index in [0.717, 1.165) is 25.6 Å². The Bertz CT molecular complexity index is 385. The van der Waals surface area contributed by atoms with E-state index in [9.17, 15) is 0 Å². The van der Waals surface area contributed by atoms with Gasteiger partial charge in [-0.1, -0.05) is 13.8 Å². The SMILES string of the molecule is CCCN(c1cc(CNC)cc(CC)n1)C1CC1. The fourth-order valence-corrected chi connectivity index (χ4v) is 2.38. The molecule has 0 aliphatic heterocycles. The quantitative estimate of drug-likeness (QED) is 0.803. The number of aromatic nitrogens is 1. The summed E-state index contributed by atoms with van der Waals surface area (Å²) in [6.07, 6.45) is 4.86. The summed E-state index contributed by atoms with van der Waals surface area (Å²) in [6.45, 7) is 6.47. The largest absolute Gasteiger partial charge is 0.354 e. The van der Waals surface area contributed by atoms with Crippen molar-refractivity contribution in [2.24, 2.45) is 0 Å². The zero-order chi connectivity index (χ0) is 13.0. The minimum absolute atomic E-state index is 0.743. The molecule has 1 aliphatic carbocycles. The molecule has 0 radical (unpaired) electrons. The van der Waals surface area contributed by atoms with Crippen LogP contribution in [-0.2, 0) is 13.0 Å². The van der Waals surface area contributed by atoms with Crippen LogP contribution in [0.2, 0.25) is 0 Å². The van der Waals surface area contributed by atoms with Crippen LogP contribution < -0.4 is 10.2 Å². The molecule has 1 fully saturated rings. The molecule has 1 heterocycles. The Morgan fingerprint density at radius 2 is 2.11 bits per heavy atom. The highest BCUT2D eigenvalue weighted by Gasteiger charge is 2.29. The van der Waals surface area contributed by atoms with Crippen molar-refractivity contribution in [1.29, 1.82) is 0 Å². The second-order valence-corrected chi connectivity index (χ2v) is 5.13. The number of hydrogen-bond donors (Lipinski definition) is 1. The number of nitrogens with zero attached hydrogens (tertiary/aromatic N) is 2. The van der Waals surface area contributed by atoms with Crippen LogP contribution in [0.1, 0.15) is 44.4 Å². The third-order valence-corrected chi connectivity index (χ3v) is 3.41. The number of rotatable bonds is 7. The van der Waals surface area contributed by atoms with Gasteiger partial charge in [-0.2, -0.15) is 0 Å². The van der Waals surface area contributed by atoms with Gasteiger partial charge in [0, 0.05) is 24.8 Å². The van der Waals surface area contributed by atoms with Crippen molar-refractivity contribution < 1.29 is 0 Å². The van der Waals surface area contributed by atoms with Crippen LogP contribution in [0.5, 0.6) is 0 Å². The molecule has 0 amide bonds. The van der Waals surface area contributed by atoms with Crippen molar-refractivity contribution in [2.75, 3.05) is 18.5 Å². The van der Waals surface area contributed by atoms with Gasteiger partial charge < -0.3 is 10.2 Å². The molecular weight excluding hydrogens is 222 g/mol. The molecule has 0 saturated heterocycles. The van der Waals surface area contributed by atoms with E-state index in [0.29, 0.717) is 0 Å². The van der Waals surface area contributed by atoms with E-state index >= 15 is 0 Å². The fraction of sp³-hybridized carbons (Fsp3) is 0.667. The van der Waals surface area contributed by atoms with Crippen LogP contribution in [0.3, 0.4) is 0 Å². The molecule has 0 bridgehead atoms. The fourth-order valence-electron chi connectivity index (χ4n) is 2.38. The maximum Gasteiger partial charge on any atom is 0.129 e. The predicted molar refractivity (Wildman–Crippen MR) is 77.0 cm³/mol. The highest BCUT2D eigenvalue weighted by Crippen LogP contribution is 2.31. The predicted octanol–water partition coefficient (Wildman–Crippen LogP) is 2.74. The van der Waals surface area contributed by atoms with Gasteiger partial charge >= 0.3 is 0 Å². The second-order valence-electron chi connectivity index (χ2n) is 5.13. The lowest BCUT2D eigenvalue weighted by Crippen LogP contribution is -2.28. The van der Waals surface area contributed by atoms with E-state index in [1.54, 1.807) is 0 Å². The van der Waals surface area contributed by atoms with Crippen LogP contribution >= 0.6 is 0 Å². The maximum absolute atomic E-state index is 4.81. The normalized spacial score (nSPS) is 14.8. The molecule has 0 atom stereocenters. The molecule has 2 rings (SSSR count). The first kappa shape index (κ1) is 13.3. The number of hydrogen-bond acceptors (Lipinski definition) is 3. The Morgan fingerprint density at radius 3 is 2.67 bits per heavy atom. The summed E-state index contributed by atoms with van der Waals surface area (Å²) in [4.78, 5) is 7.31. The van der Waals surface area contributed by atoms with E-state index in [1.165, 1.54) is 36.3 Å². The van der Waals surface area contributed by atoms with Gasteiger partial charge in [-0.3, -0.25) is 0 Å². The van der Waals surface area contributed by atoms with Crippen molar-refractivity contribution in [1.82, 2.24) is 10.3 Å². The van der Waals surface area contributed by atoms with Crippen LogP contribution in [0, 0.1) is 0 Å². The maximum atomic E-state index is 4.81. The Labute approximate surface area is 111 Å². The minimum Gasteiger partial charge on any atom is -0.354 e. The molecule has 1 aliphatic rings. The van der Waals surface area contributed by atoms with E-state index < -0.39 is 0 Å². The lowest BCUT2D eigenvalue weighted by Gasteiger charge is -2.24.